The third kappa shape index (κ3) is 3.32. The van der Waals surface area contributed by atoms with E-state index in [2.05, 4.69) is 4.98 Å². The molecule has 0 aliphatic heterocycles. The van der Waals surface area contributed by atoms with Crippen LogP contribution in [0.15, 0.2) is 48.8 Å². The van der Waals surface area contributed by atoms with Crippen LogP contribution in [0.3, 0.4) is 0 Å². The first-order valence-corrected chi connectivity index (χ1v) is 6.53. The Kier molecular flexibility index (Phi) is 4.53. The summed E-state index contributed by atoms with van der Waals surface area (Å²) in [6.45, 7) is 3.16. The van der Waals surface area contributed by atoms with Crippen molar-refractivity contribution >= 4 is 17.5 Å². The largest absolute Gasteiger partial charge is 0.335 e. The summed E-state index contributed by atoms with van der Waals surface area (Å²) in [7, 11) is 0. The van der Waals surface area contributed by atoms with Gasteiger partial charge in [0, 0.05) is 25.5 Å². The highest BCUT2D eigenvalue weighted by atomic mass is 35.5. The van der Waals surface area contributed by atoms with Gasteiger partial charge in [-0.3, -0.25) is 9.78 Å². The molecule has 1 aromatic carbocycles. The molecule has 98 valence electrons. The van der Waals surface area contributed by atoms with Crippen molar-refractivity contribution in [2.45, 2.75) is 13.5 Å². The van der Waals surface area contributed by atoms with Gasteiger partial charge >= 0.3 is 0 Å². The predicted octanol–water partition coefficient (Wildman–Crippen LogP) is 3.40. The van der Waals surface area contributed by atoms with Gasteiger partial charge in [0.25, 0.3) is 5.91 Å². The number of amides is 1. The van der Waals surface area contributed by atoms with E-state index >= 15 is 0 Å². The highest BCUT2D eigenvalue weighted by Gasteiger charge is 2.17. The zero-order chi connectivity index (χ0) is 13.7. The molecule has 1 amide bonds. The molecular formula is C15H15ClN2O. The lowest BCUT2D eigenvalue weighted by Crippen LogP contribution is -2.30. The highest BCUT2D eigenvalue weighted by molar-refractivity contribution is 6.33. The maximum absolute atomic E-state index is 12.4. The number of benzene rings is 1. The van der Waals surface area contributed by atoms with Gasteiger partial charge in [-0.2, -0.15) is 0 Å². The molecule has 1 heterocycles. The van der Waals surface area contributed by atoms with Crippen LogP contribution in [0.1, 0.15) is 22.8 Å². The number of halogens is 1. The van der Waals surface area contributed by atoms with Gasteiger partial charge in [0.05, 0.1) is 10.6 Å². The van der Waals surface area contributed by atoms with Crippen molar-refractivity contribution in [3.63, 3.8) is 0 Å². The van der Waals surface area contributed by atoms with Crippen LogP contribution in [0.25, 0.3) is 0 Å². The predicted molar refractivity (Wildman–Crippen MR) is 76.1 cm³/mol. The monoisotopic (exact) mass is 274 g/mol. The normalized spacial score (nSPS) is 10.2. The smallest absolute Gasteiger partial charge is 0.255 e. The Morgan fingerprint density at radius 3 is 2.63 bits per heavy atom. The van der Waals surface area contributed by atoms with E-state index in [1.807, 2.05) is 37.3 Å². The van der Waals surface area contributed by atoms with Gasteiger partial charge in [0.2, 0.25) is 0 Å². The standard InChI is InChI=1S/C15H15ClN2O/c1-2-18(11-12-6-4-3-5-7-12)15(19)13-8-9-17-10-14(13)16/h3-10H,2,11H2,1H3. The molecule has 1 aromatic heterocycles. The molecule has 4 heteroatoms. The van der Waals surface area contributed by atoms with Crippen LogP contribution in [0, 0.1) is 0 Å². The zero-order valence-electron chi connectivity index (χ0n) is 10.7. The number of pyridine rings is 1. The summed E-state index contributed by atoms with van der Waals surface area (Å²) in [6, 6.07) is 11.5. The van der Waals surface area contributed by atoms with Crippen molar-refractivity contribution in [3.8, 4) is 0 Å². The van der Waals surface area contributed by atoms with Gasteiger partial charge in [0.15, 0.2) is 0 Å². The number of carbonyl (C=O) groups is 1. The molecule has 3 nitrogen and oxygen atoms in total. The minimum absolute atomic E-state index is 0.0706. The Labute approximate surface area is 117 Å². The van der Waals surface area contributed by atoms with Crippen LogP contribution in [-0.2, 0) is 6.54 Å². The zero-order valence-corrected chi connectivity index (χ0v) is 11.5. The summed E-state index contributed by atoms with van der Waals surface area (Å²) in [5.74, 6) is -0.0706. The molecule has 19 heavy (non-hydrogen) atoms. The van der Waals surface area contributed by atoms with Gasteiger partial charge in [-0.05, 0) is 18.6 Å². The molecule has 0 saturated heterocycles. The molecule has 0 aliphatic carbocycles. The van der Waals surface area contributed by atoms with E-state index in [-0.39, 0.29) is 5.91 Å². The van der Waals surface area contributed by atoms with Crippen LogP contribution in [-0.4, -0.2) is 22.3 Å². The molecule has 0 N–H and O–H groups in total. The second-order valence-electron chi connectivity index (χ2n) is 4.16. The Balaban J connectivity index is 2.18. The first-order chi connectivity index (χ1) is 9.22. The van der Waals surface area contributed by atoms with E-state index in [0.29, 0.717) is 23.7 Å². The average molecular weight is 275 g/mol. The SMILES string of the molecule is CCN(Cc1ccccc1)C(=O)c1ccncc1Cl. The van der Waals surface area contributed by atoms with E-state index in [1.54, 1.807) is 17.2 Å². The first-order valence-electron chi connectivity index (χ1n) is 6.15. The molecule has 0 bridgehead atoms. The molecule has 2 rings (SSSR count). The van der Waals surface area contributed by atoms with Crippen molar-refractivity contribution in [3.05, 3.63) is 64.9 Å². The summed E-state index contributed by atoms with van der Waals surface area (Å²) in [5.41, 5.74) is 1.59. The number of hydrogen-bond donors (Lipinski definition) is 0. The summed E-state index contributed by atoms with van der Waals surface area (Å²) in [5, 5.41) is 0.388. The molecule has 2 aromatic rings. The average Bonchev–Trinajstić information content (AvgIpc) is 2.46. The van der Waals surface area contributed by atoms with Crippen LogP contribution in [0.2, 0.25) is 5.02 Å². The lowest BCUT2D eigenvalue weighted by Gasteiger charge is -2.21. The molecule has 0 saturated carbocycles. The van der Waals surface area contributed by atoms with Crippen molar-refractivity contribution in [1.82, 2.24) is 9.88 Å². The summed E-state index contributed by atoms with van der Waals surface area (Å²) < 4.78 is 0. The van der Waals surface area contributed by atoms with Gasteiger partial charge in [0.1, 0.15) is 0 Å². The number of nitrogens with zero attached hydrogens (tertiary/aromatic N) is 2. The number of aromatic nitrogens is 1. The number of hydrogen-bond acceptors (Lipinski definition) is 2. The van der Waals surface area contributed by atoms with Crippen LogP contribution >= 0.6 is 11.6 Å². The van der Waals surface area contributed by atoms with Crippen LogP contribution in [0.4, 0.5) is 0 Å². The fourth-order valence-corrected chi connectivity index (χ4v) is 2.05. The van der Waals surface area contributed by atoms with Crippen molar-refractivity contribution < 1.29 is 4.79 Å². The maximum atomic E-state index is 12.4. The third-order valence-electron chi connectivity index (χ3n) is 2.89. The van der Waals surface area contributed by atoms with Gasteiger partial charge in [-0.15, -0.1) is 0 Å². The molecular weight excluding hydrogens is 260 g/mol. The van der Waals surface area contributed by atoms with Crippen molar-refractivity contribution in [1.29, 1.82) is 0 Å². The van der Waals surface area contributed by atoms with E-state index < -0.39 is 0 Å². The maximum Gasteiger partial charge on any atom is 0.255 e. The second-order valence-corrected chi connectivity index (χ2v) is 4.57. The van der Waals surface area contributed by atoms with Crippen molar-refractivity contribution in [2.24, 2.45) is 0 Å². The lowest BCUT2D eigenvalue weighted by atomic mass is 10.2. The van der Waals surface area contributed by atoms with Gasteiger partial charge < -0.3 is 4.90 Å². The Morgan fingerprint density at radius 1 is 1.26 bits per heavy atom. The molecule has 0 spiro atoms. The fraction of sp³-hybridized carbons (Fsp3) is 0.200. The van der Waals surface area contributed by atoms with E-state index in [4.69, 9.17) is 11.6 Å². The summed E-state index contributed by atoms with van der Waals surface area (Å²) >= 11 is 6.01. The molecule has 0 fully saturated rings. The minimum Gasteiger partial charge on any atom is -0.335 e. The molecule has 0 atom stereocenters. The lowest BCUT2D eigenvalue weighted by molar-refractivity contribution is 0.0752. The Morgan fingerprint density at radius 2 is 2.00 bits per heavy atom. The first kappa shape index (κ1) is 13.6. The van der Waals surface area contributed by atoms with Crippen LogP contribution < -0.4 is 0 Å². The van der Waals surface area contributed by atoms with E-state index in [9.17, 15) is 4.79 Å². The Bertz CT molecular complexity index is 557. The quantitative estimate of drug-likeness (QED) is 0.856. The number of carbonyl (C=O) groups excluding carboxylic acids is 1. The van der Waals surface area contributed by atoms with Gasteiger partial charge in [-0.25, -0.2) is 0 Å². The molecule has 0 aliphatic rings. The van der Waals surface area contributed by atoms with E-state index in [1.165, 1.54) is 6.20 Å². The highest BCUT2D eigenvalue weighted by Crippen LogP contribution is 2.17. The second kappa shape index (κ2) is 6.34. The molecule has 0 unspecified atom stereocenters. The van der Waals surface area contributed by atoms with E-state index in [0.717, 1.165) is 5.56 Å². The minimum atomic E-state index is -0.0706. The van der Waals surface area contributed by atoms with Crippen LogP contribution in [0.5, 0.6) is 0 Å². The summed E-state index contributed by atoms with van der Waals surface area (Å²) in [4.78, 5) is 18.1. The topological polar surface area (TPSA) is 33.2 Å². The molecule has 0 radical (unpaired) electrons. The number of rotatable bonds is 4. The Hall–Kier alpha value is -1.87. The summed E-state index contributed by atoms with van der Waals surface area (Å²) in [6.07, 6.45) is 3.07. The third-order valence-corrected chi connectivity index (χ3v) is 3.19. The van der Waals surface area contributed by atoms with Crippen molar-refractivity contribution in [2.75, 3.05) is 6.54 Å². The van der Waals surface area contributed by atoms with Gasteiger partial charge in [-0.1, -0.05) is 41.9 Å². The fourth-order valence-electron chi connectivity index (χ4n) is 1.85.